The highest BCUT2D eigenvalue weighted by molar-refractivity contribution is 4.68. The molecule has 0 bridgehead atoms. The molecule has 2 fully saturated rings. The summed E-state index contributed by atoms with van der Waals surface area (Å²) in [6, 6.07) is 0. The average molecular weight is 184 g/mol. The number of rotatable bonds is 4. The lowest BCUT2D eigenvalue weighted by atomic mass is 9.98. The topological polar surface area (TPSA) is 18.5 Å². The quantitative estimate of drug-likeness (QED) is 0.668. The van der Waals surface area contributed by atoms with E-state index in [0.29, 0.717) is 12.2 Å². The maximum atomic E-state index is 5.81. The molecule has 0 spiro atoms. The molecule has 1 aliphatic heterocycles. The van der Waals surface area contributed by atoms with Crippen LogP contribution in [0.25, 0.3) is 0 Å². The van der Waals surface area contributed by atoms with Crippen LogP contribution in [0.3, 0.4) is 0 Å². The molecule has 1 saturated heterocycles. The van der Waals surface area contributed by atoms with Crippen molar-refractivity contribution in [2.24, 2.45) is 0 Å². The first-order valence-corrected chi connectivity index (χ1v) is 5.68. The first-order valence-electron chi connectivity index (χ1n) is 5.68. The zero-order valence-corrected chi connectivity index (χ0v) is 8.34. The van der Waals surface area contributed by atoms with Gasteiger partial charge in [0.25, 0.3) is 0 Å². The van der Waals surface area contributed by atoms with E-state index in [2.05, 4.69) is 0 Å². The zero-order chi connectivity index (χ0) is 8.93. The molecule has 2 heteroatoms. The molecule has 2 aliphatic rings. The molecular formula is C11H20O2. The molecule has 1 aliphatic carbocycles. The van der Waals surface area contributed by atoms with Crippen molar-refractivity contribution in [3.8, 4) is 0 Å². The summed E-state index contributed by atoms with van der Waals surface area (Å²) in [6.07, 6.45) is 10.1. The van der Waals surface area contributed by atoms with Crippen LogP contribution in [-0.2, 0) is 9.47 Å². The Bertz CT molecular complexity index is 137. The van der Waals surface area contributed by atoms with Gasteiger partial charge in [0, 0.05) is 13.2 Å². The molecule has 0 amide bonds. The summed E-state index contributed by atoms with van der Waals surface area (Å²) in [5.74, 6) is 0. The van der Waals surface area contributed by atoms with Gasteiger partial charge in [-0.15, -0.1) is 0 Å². The Morgan fingerprint density at radius 2 is 1.85 bits per heavy atom. The summed E-state index contributed by atoms with van der Waals surface area (Å²) in [5.41, 5.74) is 0. The van der Waals surface area contributed by atoms with Crippen molar-refractivity contribution in [1.29, 1.82) is 0 Å². The minimum absolute atomic E-state index is 0.517. The average Bonchev–Trinajstić information content (AvgIpc) is 2.11. The molecule has 0 radical (unpaired) electrons. The van der Waals surface area contributed by atoms with E-state index in [9.17, 15) is 0 Å². The Morgan fingerprint density at radius 3 is 2.46 bits per heavy atom. The molecule has 0 N–H and O–H groups in total. The van der Waals surface area contributed by atoms with Crippen molar-refractivity contribution < 1.29 is 9.47 Å². The van der Waals surface area contributed by atoms with Gasteiger partial charge in [-0.3, -0.25) is 0 Å². The molecule has 76 valence electrons. The molecule has 0 aromatic rings. The van der Waals surface area contributed by atoms with E-state index in [-0.39, 0.29) is 0 Å². The van der Waals surface area contributed by atoms with Crippen LogP contribution in [0.1, 0.15) is 44.9 Å². The maximum absolute atomic E-state index is 5.81. The fourth-order valence-corrected chi connectivity index (χ4v) is 2.11. The van der Waals surface area contributed by atoms with E-state index >= 15 is 0 Å². The van der Waals surface area contributed by atoms with Crippen molar-refractivity contribution in [1.82, 2.24) is 0 Å². The van der Waals surface area contributed by atoms with Crippen LogP contribution >= 0.6 is 0 Å². The van der Waals surface area contributed by atoms with Gasteiger partial charge in [-0.1, -0.05) is 19.3 Å². The van der Waals surface area contributed by atoms with Gasteiger partial charge in [0.15, 0.2) is 0 Å². The van der Waals surface area contributed by atoms with Gasteiger partial charge in [0.1, 0.15) is 0 Å². The highest BCUT2D eigenvalue weighted by Crippen LogP contribution is 2.21. The fraction of sp³-hybridized carbons (Fsp3) is 1.00. The second-order valence-corrected chi connectivity index (χ2v) is 4.20. The largest absolute Gasteiger partial charge is 0.378 e. The second-order valence-electron chi connectivity index (χ2n) is 4.20. The van der Waals surface area contributed by atoms with Gasteiger partial charge in [-0.25, -0.2) is 0 Å². The minimum atomic E-state index is 0.517. The predicted molar refractivity (Wildman–Crippen MR) is 51.8 cm³/mol. The van der Waals surface area contributed by atoms with Gasteiger partial charge in [-0.2, -0.15) is 0 Å². The third-order valence-electron chi connectivity index (χ3n) is 3.14. The SMILES string of the molecule is C1CCC(OCCC2CCO2)CC1. The predicted octanol–water partition coefficient (Wildman–Crippen LogP) is 2.51. The summed E-state index contributed by atoms with van der Waals surface area (Å²) in [5, 5.41) is 0. The molecule has 1 atom stereocenters. The Hall–Kier alpha value is -0.0800. The van der Waals surface area contributed by atoms with E-state index in [1.54, 1.807) is 0 Å². The standard InChI is InChI=1S/C11H20O2/c1-2-4-10(5-3-1)12-8-6-11-7-9-13-11/h10-11H,1-9H2. The first-order chi connectivity index (χ1) is 6.45. The van der Waals surface area contributed by atoms with Gasteiger partial charge in [0.2, 0.25) is 0 Å². The lowest BCUT2D eigenvalue weighted by Gasteiger charge is -2.28. The molecule has 2 rings (SSSR count). The number of ether oxygens (including phenoxy) is 2. The van der Waals surface area contributed by atoms with E-state index < -0.39 is 0 Å². The second kappa shape index (κ2) is 4.97. The van der Waals surface area contributed by atoms with Crippen LogP contribution in [0, 0.1) is 0 Å². The molecular weight excluding hydrogens is 164 g/mol. The Labute approximate surface area is 80.6 Å². The Balaban J connectivity index is 1.50. The molecule has 1 saturated carbocycles. The molecule has 1 heterocycles. The third-order valence-corrected chi connectivity index (χ3v) is 3.14. The molecule has 1 unspecified atom stereocenters. The summed E-state index contributed by atoms with van der Waals surface area (Å²) in [7, 11) is 0. The molecule has 2 nitrogen and oxygen atoms in total. The van der Waals surface area contributed by atoms with Gasteiger partial charge in [-0.05, 0) is 25.7 Å². The van der Waals surface area contributed by atoms with E-state index in [4.69, 9.17) is 9.47 Å². The Morgan fingerprint density at radius 1 is 1.08 bits per heavy atom. The Kier molecular flexibility index (Phi) is 3.62. The lowest BCUT2D eigenvalue weighted by Crippen LogP contribution is -2.29. The van der Waals surface area contributed by atoms with E-state index in [1.807, 2.05) is 0 Å². The molecule has 0 aromatic heterocycles. The summed E-state index contributed by atoms with van der Waals surface area (Å²) in [6.45, 7) is 1.88. The smallest absolute Gasteiger partial charge is 0.0619 e. The fourth-order valence-electron chi connectivity index (χ4n) is 2.11. The maximum Gasteiger partial charge on any atom is 0.0619 e. The summed E-state index contributed by atoms with van der Waals surface area (Å²) >= 11 is 0. The van der Waals surface area contributed by atoms with Crippen LogP contribution < -0.4 is 0 Å². The van der Waals surface area contributed by atoms with Crippen LogP contribution in [0.15, 0.2) is 0 Å². The lowest BCUT2D eigenvalue weighted by molar-refractivity contribution is -0.0755. The highest BCUT2D eigenvalue weighted by Gasteiger charge is 2.19. The third kappa shape index (κ3) is 2.96. The number of hydrogen-bond acceptors (Lipinski definition) is 2. The van der Waals surface area contributed by atoms with Crippen LogP contribution in [0.2, 0.25) is 0 Å². The number of hydrogen-bond donors (Lipinski definition) is 0. The minimum Gasteiger partial charge on any atom is -0.378 e. The monoisotopic (exact) mass is 184 g/mol. The molecule has 13 heavy (non-hydrogen) atoms. The van der Waals surface area contributed by atoms with E-state index in [0.717, 1.165) is 19.6 Å². The van der Waals surface area contributed by atoms with Crippen LogP contribution in [-0.4, -0.2) is 25.4 Å². The summed E-state index contributed by atoms with van der Waals surface area (Å²) in [4.78, 5) is 0. The summed E-state index contributed by atoms with van der Waals surface area (Å²) < 4.78 is 11.1. The van der Waals surface area contributed by atoms with Crippen molar-refractivity contribution in [2.75, 3.05) is 13.2 Å². The zero-order valence-electron chi connectivity index (χ0n) is 8.34. The van der Waals surface area contributed by atoms with Crippen molar-refractivity contribution >= 4 is 0 Å². The van der Waals surface area contributed by atoms with Gasteiger partial charge >= 0.3 is 0 Å². The van der Waals surface area contributed by atoms with Gasteiger partial charge in [0.05, 0.1) is 12.2 Å². The van der Waals surface area contributed by atoms with Gasteiger partial charge < -0.3 is 9.47 Å². The van der Waals surface area contributed by atoms with Crippen molar-refractivity contribution in [3.05, 3.63) is 0 Å². The normalized spacial score (nSPS) is 30.0. The first kappa shape index (κ1) is 9.47. The van der Waals surface area contributed by atoms with Crippen LogP contribution in [0.4, 0.5) is 0 Å². The van der Waals surface area contributed by atoms with E-state index in [1.165, 1.54) is 38.5 Å². The van der Waals surface area contributed by atoms with Crippen molar-refractivity contribution in [2.45, 2.75) is 57.2 Å². The van der Waals surface area contributed by atoms with Crippen molar-refractivity contribution in [3.63, 3.8) is 0 Å². The van der Waals surface area contributed by atoms with Crippen LogP contribution in [0.5, 0.6) is 0 Å². The highest BCUT2D eigenvalue weighted by atomic mass is 16.5. The molecule has 0 aromatic carbocycles.